The Labute approximate surface area is 122 Å². The number of ether oxygens (including phenoxy) is 1. The van der Waals surface area contributed by atoms with Gasteiger partial charge in [-0.15, -0.1) is 5.10 Å². The number of nitrogens with two attached hydrogens (primary N) is 1. The molecular formula is C11H8ClN5O4. The summed E-state index contributed by atoms with van der Waals surface area (Å²) < 4.78 is 5.33. The molecule has 0 radical (unpaired) electrons. The minimum atomic E-state index is -0.652. The SMILES string of the molecule is N/C(=N/O)c1ccnnc1Oc1ccc(Cl)cc1[N+](=O)[O-]. The maximum absolute atomic E-state index is 11.0. The van der Waals surface area contributed by atoms with E-state index in [0.29, 0.717) is 0 Å². The predicted molar refractivity (Wildman–Crippen MR) is 72.7 cm³/mol. The molecular weight excluding hydrogens is 302 g/mol. The lowest BCUT2D eigenvalue weighted by Crippen LogP contribution is -2.15. The third-order valence-electron chi connectivity index (χ3n) is 2.39. The van der Waals surface area contributed by atoms with Gasteiger partial charge in [-0.05, 0) is 18.2 Å². The van der Waals surface area contributed by atoms with Gasteiger partial charge in [-0.2, -0.15) is 5.10 Å². The highest BCUT2D eigenvalue weighted by molar-refractivity contribution is 6.30. The number of oxime groups is 1. The molecule has 0 spiro atoms. The first-order chi connectivity index (χ1) is 10.0. The largest absolute Gasteiger partial charge is 0.430 e. The molecule has 1 aromatic heterocycles. The molecule has 0 amide bonds. The van der Waals surface area contributed by atoms with Crippen LogP contribution in [0.1, 0.15) is 5.56 Å². The summed E-state index contributed by atoms with van der Waals surface area (Å²) >= 11 is 5.71. The Morgan fingerprint density at radius 1 is 1.48 bits per heavy atom. The summed E-state index contributed by atoms with van der Waals surface area (Å²) in [5, 5.41) is 29.9. The minimum Gasteiger partial charge on any atom is -0.430 e. The number of hydrogen-bond acceptors (Lipinski definition) is 7. The number of rotatable bonds is 4. The Bertz CT molecular complexity index is 722. The first-order valence-electron chi connectivity index (χ1n) is 5.44. The van der Waals surface area contributed by atoms with E-state index in [-0.39, 0.29) is 33.7 Å². The molecule has 2 rings (SSSR count). The number of nitrogens with zero attached hydrogens (tertiary/aromatic N) is 4. The van der Waals surface area contributed by atoms with Crippen molar-refractivity contribution in [2.45, 2.75) is 0 Å². The van der Waals surface area contributed by atoms with Crippen molar-refractivity contribution in [3.8, 4) is 11.6 Å². The van der Waals surface area contributed by atoms with Gasteiger partial charge in [0.15, 0.2) is 5.84 Å². The van der Waals surface area contributed by atoms with Crippen LogP contribution >= 0.6 is 11.6 Å². The van der Waals surface area contributed by atoms with Crippen LogP contribution in [0.2, 0.25) is 5.02 Å². The zero-order valence-corrected chi connectivity index (χ0v) is 11.1. The monoisotopic (exact) mass is 309 g/mol. The van der Waals surface area contributed by atoms with Crippen molar-refractivity contribution < 1.29 is 14.9 Å². The van der Waals surface area contributed by atoms with Crippen molar-refractivity contribution in [1.82, 2.24) is 10.2 Å². The Hall–Kier alpha value is -2.94. The van der Waals surface area contributed by atoms with Gasteiger partial charge < -0.3 is 15.7 Å². The van der Waals surface area contributed by atoms with Gasteiger partial charge >= 0.3 is 5.69 Å². The summed E-state index contributed by atoms with van der Waals surface area (Å²) in [4.78, 5) is 10.3. The van der Waals surface area contributed by atoms with Crippen molar-refractivity contribution in [2.24, 2.45) is 10.9 Å². The zero-order chi connectivity index (χ0) is 15.4. The fraction of sp³-hybridized carbons (Fsp3) is 0. The third-order valence-corrected chi connectivity index (χ3v) is 2.63. The maximum atomic E-state index is 11.0. The van der Waals surface area contributed by atoms with Crippen LogP contribution in [0.3, 0.4) is 0 Å². The normalized spacial score (nSPS) is 11.2. The Morgan fingerprint density at radius 2 is 2.24 bits per heavy atom. The van der Waals surface area contributed by atoms with Gasteiger partial charge in [0.25, 0.3) is 0 Å². The second-order valence-electron chi connectivity index (χ2n) is 3.71. The van der Waals surface area contributed by atoms with E-state index in [1.807, 2.05) is 0 Å². The molecule has 0 saturated carbocycles. The highest BCUT2D eigenvalue weighted by Crippen LogP contribution is 2.33. The summed E-state index contributed by atoms with van der Waals surface area (Å²) in [5.74, 6) is -0.508. The van der Waals surface area contributed by atoms with Crippen LogP contribution in [0.15, 0.2) is 35.6 Å². The molecule has 1 aromatic carbocycles. The van der Waals surface area contributed by atoms with E-state index in [9.17, 15) is 10.1 Å². The van der Waals surface area contributed by atoms with Crippen LogP contribution in [-0.2, 0) is 0 Å². The zero-order valence-electron chi connectivity index (χ0n) is 10.3. The molecule has 0 bridgehead atoms. The number of nitro benzene ring substituents is 1. The summed E-state index contributed by atoms with van der Waals surface area (Å²) in [7, 11) is 0. The smallest absolute Gasteiger partial charge is 0.313 e. The molecule has 2 aromatic rings. The molecule has 0 unspecified atom stereocenters. The molecule has 3 N–H and O–H groups in total. The highest BCUT2D eigenvalue weighted by Gasteiger charge is 2.19. The first-order valence-corrected chi connectivity index (χ1v) is 5.82. The van der Waals surface area contributed by atoms with Crippen LogP contribution in [-0.4, -0.2) is 26.2 Å². The lowest BCUT2D eigenvalue weighted by molar-refractivity contribution is -0.385. The molecule has 0 saturated heterocycles. The average molecular weight is 310 g/mol. The van der Waals surface area contributed by atoms with E-state index in [0.717, 1.165) is 6.07 Å². The first kappa shape index (κ1) is 14.5. The van der Waals surface area contributed by atoms with Gasteiger partial charge in [0, 0.05) is 11.1 Å². The molecule has 10 heteroatoms. The quantitative estimate of drug-likeness (QED) is 0.289. The minimum absolute atomic E-state index is 0.100. The molecule has 21 heavy (non-hydrogen) atoms. The van der Waals surface area contributed by atoms with Crippen LogP contribution in [0, 0.1) is 10.1 Å². The average Bonchev–Trinajstić information content (AvgIpc) is 2.48. The standard InChI is InChI=1S/C11H8ClN5O4/c12-6-1-2-9(8(5-6)17(19)20)21-11-7(10(13)16-18)3-4-14-15-11/h1-5,18H,(H2,13,16). The predicted octanol–water partition coefficient (Wildman–Crippen LogP) is 1.92. The van der Waals surface area contributed by atoms with Crippen LogP contribution < -0.4 is 10.5 Å². The third kappa shape index (κ3) is 3.15. The topological polar surface area (TPSA) is 137 Å². The molecule has 0 aliphatic rings. The van der Waals surface area contributed by atoms with E-state index in [2.05, 4.69) is 15.4 Å². The van der Waals surface area contributed by atoms with Crippen molar-refractivity contribution >= 4 is 23.1 Å². The maximum Gasteiger partial charge on any atom is 0.313 e. The molecule has 0 aliphatic carbocycles. The van der Waals surface area contributed by atoms with Crippen molar-refractivity contribution in [2.75, 3.05) is 0 Å². The number of benzene rings is 1. The highest BCUT2D eigenvalue weighted by atomic mass is 35.5. The van der Waals surface area contributed by atoms with Gasteiger partial charge in [-0.25, -0.2) is 0 Å². The Kier molecular flexibility index (Phi) is 4.14. The molecule has 0 atom stereocenters. The number of nitro groups is 1. The molecule has 0 fully saturated rings. The van der Waals surface area contributed by atoms with Gasteiger partial charge in [-0.1, -0.05) is 16.8 Å². The molecule has 0 aliphatic heterocycles. The summed E-state index contributed by atoms with van der Waals surface area (Å²) in [5.41, 5.74) is 5.26. The van der Waals surface area contributed by atoms with E-state index in [1.165, 1.54) is 24.4 Å². The lowest BCUT2D eigenvalue weighted by Gasteiger charge is -2.08. The van der Waals surface area contributed by atoms with Crippen LogP contribution in [0.5, 0.6) is 11.6 Å². The summed E-state index contributed by atoms with van der Waals surface area (Å²) in [6, 6.07) is 5.25. The van der Waals surface area contributed by atoms with Gasteiger partial charge in [0.2, 0.25) is 11.6 Å². The van der Waals surface area contributed by atoms with Crippen LogP contribution in [0.4, 0.5) is 5.69 Å². The van der Waals surface area contributed by atoms with E-state index >= 15 is 0 Å². The van der Waals surface area contributed by atoms with Crippen molar-refractivity contribution in [3.63, 3.8) is 0 Å². The molecule has 9 nitrogen and oxygen atoms in total. The Morgan fingerprint density at radius 3 is 2.90 bits per heavy atom. The second kappa shape index (κ2) is 6.01. The van der Waals surface area contributed by atoms with E-state index in [4.69, 9.17) is 27.3 Å². The fourth-order valence-electron chi connectivity index (χ4n) is 1.47. The van der Waals surface area contributed by atoms with Gasteiger partial charge in [0.05, 0.1) is 16.7 Å². The van der Waals surface area contributed by atoms with Gasteiger partial charge in [0.1, 0.15) is 0 Å². The second-order valence-corrected chi connectivity index (χ2v) is 4.14. The van der Waals surface area contributed by atoms with E-state index < -0.39 is 4.92 Å². The number of aromatic nitrogens is 2. The lowest BCUT2D eigenvalue weighted by atomic mass is 10.2. The van der Waals surface area contributed by atoms with Crippen molar-refractivity contribution in [3.05, 3.63) is 51.2 Å². The fourth-order valence-corrected chi connectivity index (χ4v) is 1.63. The number of halogens is 1. The van der Waals surface area contributed by atoms with Crippen LogP contribution in [0.25, 0.3) is 0 Å². The molecule has 108 valence electrons. The number of amidine groups is 1. The van der Waals surface area contributed by atoms with Gasteiger partial charge in [-0.3, -0.25) is 10.1 Å². The molecule has 1 heterocycles. The summed E-state index contributed by atoms with van der Waals surface area (Å²) in [6.07, 6.45) is 1.30. The number of hydrogen-bond donors (Lipinski definition) is 2. The summed E-state index contributed by atoms with van der Waals surface area (Å²) in [6.45, 7) is 0. The van der Waals surface area contributed by atoms with E-state index in [1.54, 1.807) is 0 Å². The van der Waals surface area contributed by atoms with Crippen molar-refractivity contribution in [1.29, 1.82) is 0 Å². The Balaban J connectivity index is 2.46.